The van der Waals surface area contributed by atoms with Gasteiger partial charge in [-0.15, -0.1) is 0 Å². The zero-order valence-corrected chi connectivity index (χ0v) is 23.0. The first-order chi connectivity index (χ1) is 18.3. The van der Waals surface area contributed by atoms with Gasteiger partial charge in [0, 0.05) is 41.0 Å². The highest BCUT2D eigenvalue weighted by molar-refractivity contribution is 7.92. The molecule has 0 bridgehead atoms. The molecule has 0 spiro atoms. The van der Waals surface area contributed by atoms with Gasteiger partial charge in [-0.25, -0.2) is 8.42 Å². The molecule has 4 rings (SSSR count). The standard InChI is InChI=1S/C26H27ClN6O5S/c1-31(2)12-13-32(39(3,37)38)19-8-6-18(7-9-19)29-25(16-4-11-21(28)23(14-16)33(35)36)24-20-10-5-17(27)15-22(20)30-26(24)34/h4-11,14-15,29H,12-13,28H2,1-3H3,(H,30,34)/b25-24+. The molecule has 11 nitrogen and oxygen atoms in total. The van der Waals surface area contributed by atoms with Crippen molar-refractivity contribution in [2.75, 3.05) is 54.1 Å². The van der Waals surface area contributed by atoms with Crippen molar-refractivity contribution in [1.29, 1.82) is 0 Å². The van der Waals surface area contributed by atoms with Gasteiger partial charge in [0.1, 0.15) is 5.69 Å². The van der Waals surface area contributed by atoms with E-state index < -0.39 is 20.9 Å². The molecule has 0 saturated carbocycles. The number of halogens is 1. The third kappa shape index (κ3) is 6.14. The van der Waals surface area contributed by atoms with Crippen LogP contribution in [0.4, 0.5) is 28.4 Å². The fourth-order valence-electron chi connectivity index (χ4n) is 4.16. The lowest BCUT2D eigenvalue weighted by Crippen LogP contribution is -2.35. The Balaban J connectivity index is 1.80. The van der Waals surface area contributed by atoms with E-state index in [1.807, 2.05) is 19.0 Å². The van der Waals surface area contributed by atoms with Crippen LogP contribution in [0.25, 0.3) is 11.3 Å². The Kier molecular flexibility index (Phi) is 7.82. The molecule has 1 heterocycles. The average molecular weight is 571 g/mol. The highest BCUT2D eigenvalue weighted by Gasteiger charge is 2.29. The van der Waals surface area contributed by atoms with Crippen molar-refractivity contribution in [3.8, 4) is 0 Å². The minimum Gasteiger partial charge on any atom is -0.393 e. The summed E-state index contributed by atoms with van der Waals surface area (Å²) in [7, 11) is 0.184. The quantitative estimate of drug-likeness (QED) is 0.151. The zero-order valence-electron chi connectivity index (χ0n) is 21.4. The Morgan fingerprint density at radius 2 is 1.77 bits per heavy atom. The number of carbonyl (C=O) groups is 1. The first-order valence-electron chi connectivity index (χ1n) is 11.7. The highest BCUT2D eigenvalue weighted by atomic mass is 35.5. The van der Waals surface area contributed by atoms with E-state index in [-0.39, 0.29) is 23.5 Å². The summed E-state index contributed by atoms with van der Waals surface area (Å²) < 4.78 is 26.2. The number of fused-ring (bicyclic) bond motifs is 1. The number of nitro benzene ring substituents is 1. The first kappa shape index (κ1) is 27.9. The van der Waals surface area contributed by atoms with Crippen molar-refractivity contribution < 1.29 is 18.1 Å². The molecule has 0 fully saturated rings. The normalized spacial score (nSPS) is 14.1. The van der Waals surface area contributed by atoms with E-state index in [1.165, 1.54) is 16.4 Å². The van der Waals surface area contributed by atoms with E-state index in [9.17, 15) is 23.3 Å². The first-order valence-corrected chi connectivity index (χ1v) is 14.0. The molecule has 204 valence electrons. The van der Waals surface area contributed by atoms with Crippen LogP contribution in [0.1, 0.15) is 11.1 Å². The number of hydrogen-bond donors (Lipinski definition) is 3. The molecule has 0 unspecified atom stereocenters. The molecule has 1 aliphatic heterocycles. The Hall–Kier alpha value is -4.13. The SMILES string of the molecule is CN(C)CCN(c1ccc(N/C(=C2/C(=O)Nc3cc(Cl)ccc32)c2ccc(N)c([N+](=O)[O-])c2)cc1)S(C)(=O)=O. The molecule has 1 amide bonds. The summed E-state index contributed by atoms with van der Waals surface area (Å²) in [6, 6.07) is 15.9. The van der Waals surface area contributed by atoms with Gasteiger partial charge in [-0.05, 0) is 56.6 Å². The lowest BCUT2D eigenvalue weighted by molar-refractivity contribution is -0.383. The largest absolute Gasteiger partial charge is 0.393 e. The number of amides is 1. The van der Waals surface area contributed by atoms with Gasteiger partial charge < -0.3 is 21.3 Å². The van der Waals surface area contributed by atoms with Crippen molar-refractivity contribution in [1.82, 2.24) is 4.90 Å². The molecule has 0 atom stereocenters. The van der Waals surface area contributed by atoms with E-state index in [2.05, 4.69) is 10.6 Å². The Morgan fingerprint density at radius 1 is 1.08 bits per heavy atom. The fraction of sp³-hybridized carbons (Fsp3) is 0.192. The predicted octanol–water partition coefficient (Wildman–Crippen LogP) is 4.09. The van der Waals surface area contributed by atoms with Crippen LogP contribution in [0.15, 0.2) is 60.7 Å². The minimum atomic E-state index is -3.53. The molecule has 1 aliphatic rings. The van der Waals surface area contributed by atoms with Crippen LogP contribution in [-0.4, -0.2) is 57.6 Å². The number of likely N-dealkylation sites (N-methyl/N-ethyl adjacent to an activating group) is 1. The van der Waals surface area contributed by atoms with Gasteiger partial charge in [0.25, 0.3) is 11.6 Å². The second-order valence-corrected chi connectivity index (χ2v) is 11.6. The molecular formula is C26H27ClN6O5S. The van der Waals surface area contributed by atoms with Gasteiger partial charge in [-0.2, -0.15) is 0 Å². The van der Waals surface area contributed by atoms with E-state index in [4.69, 9.17) is 17.3 Å². The number of sulfonamides is 1. The van der Waals surface area contributed by atoms with Gasteiger partial charge in [0.15, 0.2) is 0 Å². The Labute approximate surface area is 231 Å². The number of nitrogens with two attached hydrogens (primary N) is 1. The number of hydrogen-bond acceptors (Lipinski definition) is 8. The number of nitrogens with one attached hydrogen (secondary N) is 2. The van der Waals surface area contributed by atoms with Crippen LogP contribution < -0.4 is 20.7 Å². The minimum absolute atomic E-state index is 0.0147. The summed E-state index contributed by atoms with van der Waals surface area (Å²) in [5.74, 6) is -0.419. The molecular weight excluding hydrogens is 544 g/mol. The van der Waals surface area contributed by atoms with E-state index >= 15 is 0 Å². The zero-order chi connectivity index (χ0) is 28.5. The van der Waals surface area contributed by atoms with Crippen LogP contribution in [0.3, 0.4) is 0 Å². The summed E-state index contributed by atoms with van der Waals surface area (Å²) in [4.78, 5) is 26.0. The summed E-state index contributed by atoms with van der Waals surface area (Å²) >= 11 is 6.11. The molecule has 0 radical (unpaired) electrons. The van der Waals surface area contributed by atoms with Crippen molar-refractivity contribution in [3.05, 3.63) is 86.9 Å². The number of rotatable bonds is 9. The van der Waals surface area contributed by atoms with Crippen LogP contribution in [0.2, 0.25) is 5.02 Å². The molecule has 39 heavy (non-hydrogen) atoms. The maximum atomic E-state index is 13.1. The van der Waals surface area contributed by atoms with E-state index in [0.717, 1.165) is 6.26 Å². The van der Waals surface area contributed by atoms with Gasteiger partial charge in [-0.1, -0.05) is 23.7 Å². The topological polar surface area (TPSA) is 151 Å². The number of benzene rings is 3. The molecule has 0 aromatic heterocycles. The van der Waals surface area contributed by atoms with Gasteiger partial charge in [0.2, 0.25) is 10.0 Å². The van der Waals surface area contributed by atoms with Crippen molar-refractivity contribution >= 4 is 67.2 Å². The fourth-order valence-corrected chi connectivity index (χ4v) is 5.25. The molecule has 0 saturated heterocycles. The number of nitro groups is 1. The van der Waals surface area contributed by atoms with Crippen molar-refractivity contribution in [2.24, 2.45) is 0 Å². The number of anilines is 4. The Bertz CT molecular complexity index is 1590. The van der Waals surface area contributed by atoms with Crippen molar-refractivity contribution in [3.63, 3.8) is 0 Å². The molecule has 3 aromatic rings. The number of nitrogen functional groups attached to an aromatic ring is 1. The molecule has 13 heteroatoms. The summed E-state index contributed by atoms with van der Waals surface area (Å²) in [6.45, 7) is 0.792. The van der Waals surface area contributed by atoms with E-state index in [1.54, 1.807) is 48.5 Å². The summed E-state index contributed by atoms with van der Waals surface area (Å²) in [5.41, 5.74) is 8.48. The molecule has 0 aliphatic carbocycles. The van der Waals surface area contributed by atoms with Crippen LogP contribution in [0.5, 0.6) is 0 Å². The van der Waals surface area contributed by atoms with Crippen molar-refractivity contribution in [2.45, 2.75) is 0 Å². The monoisotopic (exact) mass is 570 g/mol. The second-order valence-electron chi connectivity index (χ2n) is 9.24. The molecule has 4 N–H and O–H groups in total. The third-order valence-corrected chi connectivity index (χ3v) is 7.50. The summed E-state index contributed by atoms with van der Waals surface area (Å²) in [6.07, 6.45) is 1.15. The maximum absolute atomic E-state index is 13.1. The predicted molar refractivity (Wildman–Crippen MR) is 155 cm³/mol. The number of carbonyl (C=O) groups excluding carboxylic acids is 1. The van der Waals surface area contributed by atoms with Gasteiger partial charge in [0.05, 0.1) is 33.8 Å². The maximum Gasteiger partial charge on any atom is 0.292 e. The summed E-state index contributed by atoms with van der Waals surface area (Å²) in [5, 5.41) is 18.0. The smallest absolute Gasteiger partial charge is 0.292 e. The van der Waals surface area contributed by atoms with Crippen LogP contribution in [0, 0.1) is 10.1 Å². The third-order valence-electron chi connectivity index (χ3n) is 6.07. The number of nitrogens with zero attached hydrogens (tertiary/aromatic N) is 3. The molecule has 3 aromatic carbocycles. The van der Waals surface area contributed by atoms with Gasteiger partial charge in [-0.3, -0.25) is 19.2 Å². The van der Waals surface area contributed by atoms with Gasteiger partial charge >= 0.3 is 0 Å². The van der Waals surface area contributed by atoms with Crippen LogP contribution in [-0.2, 0) is 14.8 Å². The average Bonchev–Trinajstić information content (AvgIpc) is 3.17. The lowest BCUT2D eigenvalue weighted by Gasteiger charge is -2.24. The Morgan fingerprint density at radius 3 is 2.38 bits per heavy atom. The van der Waals surface area contributed by atoms with Crippen LogP contribution >= 0.6 is 11.6 Å². The highest BCUT2D eigenvalue weighted by Crippen LogP contribution is 2.40. The van der Waals surface area contributed by atoms with E-state index in [0.29, 0.717) is 45.5 Å². The second kappa shape index (κ2) is 10.9. The lowest BCUT2D eigenvalue weighted by atomic mass is 9.99.